The van der Waals surface area contributed by atoms with E-state index in [-0.39, 0.29) is 11.7 Å². The van der Waals surface area contributed by atoms with E-state index in [1.807, 2.05) is 31.2 Å². The highest BCUT2D eigenvalue weighted by atomic mass is 32.2. The van der Waals surface area contributed by atoms with Crippen LogP contribution in [0, 0.1) is 0 Å². The average Bonchev–Trinajstić information content (AvgIpc) is 3.02. The van der Waals surface area contributed by atoms with Gasteiger partial charge in [0, 0.05) is 0 Å². The maximum absolute atomic E-state index is 12.2. The summed E-state index contributed by atoms with van der Waals surface area (Å²) in [6.45, 7) is 6.57. The van der Waals surface area contributed by atoms with Crippen LogP contribution in [0.1, 0.15) is 37.8 Å². The van der Waals surface area contributed by atoms with Crippen molar-refractivity contribution < 1.29 is 14.6 Å². The summed E-state index contributed by atoms with van der Waals surface area (Å²) in [5.74, 6) is 1.09. The van der Waals surface area contributed by atoms with Crippen LogP contribution in [0.2, 0.25) is 0 Å². The van der Waals surface area contributed by atoms with Crippen molar-refractivity contribution in [3.8, 4) is 11.5 Å². The maximum Gasteiger partial charge on any atom is 0.259 e. The molecule has 0 aromatic heterocycles. The van der Waals surface area contributed by atoms with Crippen LogP contribution in [0.3, 0.4) is 0 Å². The van der Waals surface area contributed by atoms with Crippen LogP contribution < -0.4 is 4.74 Å². The number of aromatic hydroxyl groups is 1. The van der Waals surface area contributed by atoms with E-state index in [4.69, 9.17) is 4.74 Å². The number of carbonyl (C=O) groups excluding carboxylic acids is 1. The Labute approximate surface area is 168 Å². The van der Waals surface area contributed by atoms with Gasteiger partial charge >= 0.3 is 0 Å². The van der Waals surface area contributed by atoms with E-state index in [1.54, 1.807) is 18.3 Å². The van der Waals surface area contributed by atoms with Crippen molar-refractivity contribution in [3.05, 3.63) is 53.6 Å². The first-order valence-corrected chi connectivity index (χ1v) is 10.1. The number of hydrogen-bond acceptors (Lipinski definition) is 6. The molecular formula is C21H23N3O3S. The molecule has 0 aliphatic carbocycles. The quantitative estimate of drug-likeness (QED) is 0.728. The lowest BCUT2D eigenvalue weighted by Crippen LogP contribution is -2.23. The molecule has 146 valence electrons. The normalized spacial score (nSPS) is 15.9. The minimum atomic E-state index is -0.123. The van der Waals surface area contributed by atoms with Gasteiger partial charge in [-0.3, -0.25) is 4.79 Å². The lowest BCUT2D eigenvalue weighted by atomic mass is 10.0. The molecule has 0 bridgehead atoms. The molecule has 28 heavy (non-hydrogen) atoms. The van der Waals surface area contributed by atoms with Gasteiger partial charge in [-0.2, -0.15) is 10.1 Å². The van der Waals surface area contributed by atoms with Crippen molar-refractivity contribution in [2.45, 2.75) is 26.7 Å². The Hall–Kier alpha value is -2.80. The second kappa shape index (κ2) is 8.93. The summed E-state index contributed by atoms with van der Waals surface area (Å²) >= 11 is 1.36. The summed E-state index contributed by atoms with van der Waals surface area (Å²) in [4.78, 5) is 16.8. The van der Waals surface area contributed by atoms with Crippen LogP contribution in [-0.2, 0) is 4.79 Å². The molecule has 2 aromatic rings. The molecule has 0 unspecified atom stereocenters. The molecule has 1 saturated heterocycles. The zero-order chi connectivity index (χ0) is 20.1. The highest BCUT2D eigenvalue weighted by Crippen LogP contribution is 2.27. The van der Waals surface area contributed by atoms with Crippen molar-refractivity contribution in [2.75, 3.05) is 12.4 Å². The molecule has 1 heterocycles. The molecule has 1 fully saturated rings. The zero-order valence-corrected chi connectivity index (χ0v) is 16.9. The zero-order valence-electron chi connectivity index (χ0n) is 16.1. The number of phenolic OH excluding ortho intramolecular Hbond substituents is 1. The van der Waals surface area contributed by atoms with Gasteiger partial charge in [-0.25, -0.2) is 4.99 Å². The molecule has 1 aliphatic rings. The second-order valence-electron chi connectivity index (χ2n) is 6.54. The van der Waals surface area contributed by atoms with E-state index in [1.165, 1.54) is 28.4 Å². The molecule has 0 saturated carbocycles. The number of aliphatic imine (C=N–C) groups is 1. The summed E-state index contributed by atoms with van der Waals surface area (Å²) in [6.07, 6.45) is 1.56. The van der Waals surface area contributed by atoms with Crippen LogP contribution in [0.5, 0.6) is 11.5 Å². The topological polar surface area (TPSA) is 74.5 Å². The predicted molar refractivity (Wildman–Crippen MR) is 114 cm³/mol. The smallest absolute Gasteiger partial charge is 0.259 e. The summed E-state index contributed by atoms with van der Waals surface area (Å²) in [7, 11) is 0. The number of amidine groups is 1. The molecule has 2 aromatic carbocycles. The Kier molecular flexibility index (Phi) is 6.36. The number of nitrogens with zero attached hydrogens (tertiary/aromatic N) is 3. The van der Waals surface area contributed by atoms with Crippen molar-refractivity contribution in [3.63, 3.8) is 0 Å². The van der Waals surface area contributed by atoms with Crippen LogP contribution in [0.15, 0.2) is 52.6 Å². The van der Waals surface area contributed by atoms with Crippen molar-refractivity contribution in [2.24, 2.45) is 10.1 Å². The Bertz CT molecular complexity index is 908. The Morgan fingerprint density at radius 2 is 2.00 bits per heavy atom. The fourth-order valence-electron chi connectivity index (χ4n) is 2.60. The molecule has 1 aliphatic heterocycles. The highest BCUT2D eigenvalue weighted by Gasteiger charge is 2.28. The summed E-state index contributed by atoms with van der Waals surface area (Å²) < 4.78 is 5.38. The van der Waals surface area contributed by atoms with Gasteiger partial charge < -0.3 is 9.84 Å². The van der Waals surface area contributed by atoms with Crippen LogP contribution in [-0.4, -0.2) is 39.8 Å². The van der Waals surface area contributed by atoms with Gasteiger partial charge in [-0.05, 0) is 54.3 Å². The third-order valence-electron chi connectivity index (χ3n) is 4.13. The molecule has 6 nitrogen and oxygen atoms in total. The van der Waals surface area contributed by atoms with Gasteiger partial charge in [-0.15, -0.1) is 0 Å². The number of benzene rings is 2. The Morgan fingerprint density at radius 1 is 1.25 bits per heavy atom. The maximum atomic E-state index is 12.2. The number of thioether (sulfide) groups is 1. The van der Waals surface area contributed by atoms with Gasteiger partial charge in [0.25, 0.3) is 5.91 Å². The number of rotatable bonds is 6. The molecular weight excluding hydrogens is 374 g/mol. The van der Waals surface area contributed by atoms with E-state index in [0.717, 1.165) is 5.69 Å². The van der Waals surface area contributed by atoms with Gasteiger partial charge in [0.1, 0.15) is 0 Å². The van der Waals surface area contributed by atoms with E-state index in [0.29, 0.717) is 34.8 Å². The van der Waals surface area contributed by atoms with E-state index >= 15 is 0 Å². The number of amides is 1. The molecule has 1 amide bonds. The van der Waals surface area contributed by atoms with Gasteiger partial charge in [-0.1, -0.05) is 37.7 Å². The molecule has 7 heteroatoms. The lowest BCUT2D eigenvalue weighted by Gasteiger charge is -2.10. The summed E-state index contributed by atoms with van der Waals surface area (Å²) in [5.41, 5.74) is 2.74. The van der Waals surface area contributed by atoms with Crippen molar-refractivity contribution >= 4 is 34.7 Å². The monoisotopic (exact) mass is 397 g/mol. The van der Waals surface area contributed by atoms with Crippen LogP contribution in [0.4, 0.5) is 5.69 Å². The fraction of sp³-hybridized carbons (Fsp3) is 0.286. The highest BCUT2D eigenvalue weighted by molar-refractivity contribution is 8.15. The van der Waals surface area contributed by atoms with Gasteiger partial charge in [0.2, 0.25) is 0 Å². The van der Waals surface area contributed by atoms with E-state index in [9.17, 15) is 9.90 Å². The third-order valence-corrected chi connectivity index (χ3v) is 5.05. The summed E-state index contributed by atoms with van der Waals surface area (Å²) in [5, 5.41) is 15.9. The molecule has 3 rings (SSSR count). The lowest BCUT2D eigenvalue weighted by molar-refractivity contribution is -0.124. The number of hydrazone groups is 1. The first-order valence-electron chi connectivity index (χ1n) is 9.12. The number of ether oxygens (including phenoxy) is 1. The first-order chi connectivity index (χ1) is 13.5. The fourth-order valence-corrected chi connectivity index (χ4v) is 3.42. The minimum absolute atomic E-state index is 0.0684. The molecule has 0 atom stereocenters. The van der Waals surface area contributed by atoms with Crippen molar-refractivity contribution in [1.82, 2.24) is 5.01 Å². The molecule has 0 spiro atoms. The van der Waals surface area contributed by atoms with Crippen LogP contribution in [0.25, 0.3) is 0 Å². The minimum Gasteiger partial charge on any atom is -0.504 e. The molecule has 1 N–H and O–H groups in total. The number of phenols is 1. The Balaban J connectivity index is 1.80. The van der Waals surface area contributed by atoms with Gasteiger partial charge in [0.05, 0.1) is 24.3 Å². The third kappa shape index (κ3) is 4.72. The first kappa shape index (κ1) is 19.9. The second-order valence-corrected chi connectivity index (χ2v) is 7.48. The van der Waals surface area contributed by atoms with Gasteiger partial charge in [0.15, 0.2) is 16.7 Å². The SMILES string of the molecule is CCOc1cc(/C=N\N2C(=O)CSC2=Nc2ccc(C(C)C)cc2)ccc1O. The van der Waals surface area contributed by atoms with E-state index < -0.39 is 0 Å². The largest absolute Gasteiger partial charge is 0.504 e. The van der Waals surface area contributed by atoms with E-state index in [2.05, 4.69) is 23.9 Å². The standard InChI is InChI=1S/C21H23N3O3S/c1-4-27-19-11-15(5-10-18(19)25)12-22-24-20(26)13-28-21(24)23-17-8-6-16(7-9-17)14(2)3/h5-12,14,25H,4,13H2,1-3H3/b22-12-,23-21?. The molecule has 0 radical (unpaired) electrons. The summed E-state index contributed by atoms with van der Waals surface area (Å²) in [6, 6.07) is 12.9. The number of hydrogen-bond donors (Lipinski definition) is 1. The van der Waals surface area contributed by atoms with Crippen LogP contribution >= 0.6 is 11.8 Å². The average molecular weight is 398 g/mol. The van der Waals surface area contributed by atoms with Crippen molar-refractivity contribution in [1.29, 1.82) is 0 Å². The predicted octanol–water partition coefficient (Wildman–Crippen LogP) is 4.51. The Morgan fingerprint density at radius 3 is 2.68 bits per heavy atom. The number of carbonyl (C=O) groups is 1.